The lowest BCUT2D eigenvalue weighted by Crippen LogP contribution is -2.33. The van der Waals surface area contributed by atoms with Crippen molar-refractivity contribution in [1.29, 1.82) is 0 Å². The van der Waals surface area contributed by atoms with Crippen molar-refractivity contribution in [2.45, 2.75) is 12.5 Å². The van der Waals surface area contributed by atoms with Gasteiger partial charge in [0.15, 0.2) is 0 Å². The summed E-state index contributed by atoms with van der Waals surface area (Å²) in [6.45, 7) is 1.99. The third kappa shape index (κ3) is 3.62. The van der Waals surface area contributed by atoms with E-state index in [0.29, 0.717) is 13.1 Å². The first-order valence-electron chi connectivity index (χ1n) is 7.88. The third-order valence-corrected chi connectivity index (χ3v) is 5.01. The highest BCUT2D eigenvalue weighted by Gasteiger charge is 2.34. The predicted molar refractivity (Wildman–Crippen MR) is 94.8 cm³/mol. The van der Waals surface area contributed by atoms with Gasteiger partial charge in [0.2, 0.25) is 5.91 Å². The minimum Gasteiger partial charge on any atom is -0.496 e. The molecular formula is C17H21BrN4O2. The summed E-state index contributed by atoms with van der Waals surface area (Å²) in [6, 6.07) is 5.81. The quantitative estimate of drug-likeness (QED) is 0.813. The average molecular weight is 393 g/mol. The van der Waals surface area contributed by atoms with E-state index in [9.17, 15) is 4.79 Å². The van der Waals surface area contributed by atoms with Crippen molar-refractivity contribution in [2.24, 2.45) is 13.0 Å². The molecule has 2 heterocycles. The number of carbonyl (C=O) groups is 1. The Labute approximate surface area is 149 Å². The monoisotopic (exact) mass is 392 g/mol. The standard InChI is InChI=1S/C17H21BrN4O2/c1-22-10-12(7-21-22)13-8-19-9-14(13)17(23)20-6-11-3-4-16(24-2)15(18)5-11/h3-5,7,10,13-14,19H,6,8-9H2,1-2H3,(H,20,23)/t13-,14+/m1/s1. The number of hydrogen-bond acceptors (Lipinski definition) is 4. The number of carbonyl (C=O) groups excluding carboxylic acids is 1. The lowest BCUT2D eigenvalue weighted by Gasteiger charge is -2.17. The van der Waals surface area contributed by atoms with E-state index in [0.717, 1.165) is 27.9 Å². The van der Waals surface area contributed by atoms with Crippen LogP contribution in [0, 0.1) is 5.92 Å². The molecule has 7 heteroatoms. The molecule has 0 saturated carbocycles. The Kier molecular flexibility index (Phi) is 5.20. The predicted octanol–water partition coefficient (Wildman–Crippen LogP) is 1.81. The van der Waals surface area contributed by atoms with Crippen molar-refractivity contribution >= 4 is 21.8 Å². The van der Waals surface area contributed by atoms with Crippen molar-refractivity contribution < 1.29 is 9.53 Å². The minimum absolute atomic E-state index is 0.0702. The molecule has 6 nitrogen and oxygen atoms in total. The van der Waals surface area contributed by atoms with Gasteiger partial charge in [-0.3, -0.25) is 9.48 Å². The van der Waals surface area contributed by atoms with Crippen LogP contribution in [-0.2, 0) is 18.4 Å². The summed E-state index contributed by atoms with van der Waals surface area (Å²) in [5, 5.41) is 10.6. The van der Waals surface area contributed by atoms with Gasteiger partial charge in [0.25, 0.3) is 0 Å². The highest BCUT2D eigenvalue weighted by Crippen LogP contribution is 2.28. The highest BCUT2D eigenvalue weighted by atomic mass is 79.9. The zero-order chi connectivity index (χ0) is 17.1. The first-order valence-corrected chi connectivity index (χ1v) is 8.67. The van der Waals surface area contributed by atoms with Gasteiger partial charge in [0.05, 0.1) is 23.7 Å². The van der Waals surface area contributed by atoms with E-state index in [-0.39, 0.29) is 17.7 Å². The molecule has 1 aromatic carbocycles. The molecule has 0 bridgehead atoms. The Bertz CT molecular complexity index is 731. The lowest BCUT2D eigenvalue weighted by atomic mass is 9.90. The van der Waals surface area contributed by atoms with Crippen LogP contribution >= 0.6 is 15.9 Å². The highest BCUT2D eigenvalue weighted by molar-refractivity contribution is 9.10. The zero-order valence-electron chi connectivity index (χ0n) is 13.8. The van der Waals surface area contributed by atoms with Gasteiger partial charge in [-0.25, -0.2) is 0 Å². The molecule has 0 radical (unpaired) electrons. The van der Waals surface area contributed by atoms with E-state index in [4.69, 9.17) is 4.74 Å². The third-order valence-electron chi connectivity index (χ3n) is 4.39. The molecule has 1 fully saturated rings. The molecule has 3 rings (SSSR count). The van der Waals surface area contributed by atoms with E-state index >= 15 is 0 Å². The van der Waals surface area contributed by atoms with Gasteiger partial charge >= 0.3 is 0 Å². The van der Waals surface area contributed by atoms with E-state index in [1.54, 1.807) is 11.8 Å². The molecule has 0 spiro atoms. The van der Waals surface area contributed by atoms with Crippen LogP contribution in [0.1, 0.15) is 17.0 Å². The van der Waals surface area contributed by atoms with Crippen molar-refractivity contribution in [3.05, 3.63) is 46.2 Å². The summed E-state index contributed by atoms with van der Waals surface area (Å²) in [6.07, 6.45) is 3.83. The van der Waals surface area contributed by atoms with Crippen LogP contribution in [0.25, 0.3) is 0 Å². The Morgan fingerprint density at radius 3 is 3.00 bits per heavy atom. The number of amides is 1. The Hall–Kier alpha value is -1.86. The maximum Gasteiger partial charge on any atom is 0.225 e. The van der Waals surface area contributed by atoms with Crippen LogP contribution in [0.5, 0.6) is 5.75 Å². The summed E-state index contributed by atoms with van der Waals surface area (Å²) in [7, 11) is 3.52. The van der Waals surface area contributed by atoms with Gasteiger partial charge in [0.1, 0.15) is 5.75 Å². The van der Waals surface area contributed by atoms with Gasteiger partial charge in [-0.05, 0) is 39.2 Å². The number of nitrogens with one attached hydrogen (secondary N) is 2. The van der Waals surface area contributed by atoms with Crippen molar-refractivity contribution in [3.63, 3.8) is 0 Å². The number of hydrogen-bond donors (Lipinski definition) is 2. The van der Waals surface area contributed by atoms with Crippen LogP contribution < -0.4 is 15.4 Å². The molecule has 1 aliphatic heterocycles. The SMILES string of the molecule is COc1ccc(CNC(=O)[C@H]2CNC[C@@H]2c2cnn(C)c2)cc1Br. The fourth-order valence-electron chi connectivity index (χ4n) is 3.08. The molecule has 0 unspecified atom stereocenters. The van der Waals surface area contributed by atoms with Gasteiger partial charge in [-0.15, -0.1) is 0 Å². The smallest absolute Gasteiger partial charge is 0.225 e. The topological polar surface area (TPSA) is 68.2 Å². The number of benzene rings is 1. The number of rotatable bonds is 5. The maximum atomic E-state index is 12.6. The largest absolute Gasteiger partial charge is 0.496 e. The van der Waals surface area contributed by atoms with E-state index < -0.39 is 0 Å². The molecule has 2 aromatic rings. The first kappa shape index (κ1) is 17.0. The normalized spacial score (nSPS) is 20.1. The Morgan fingerprint density at radius 1 is 1.50 bits per heavy atom. The second kappa shape index (κ2) is 7.36. The fraction of sp³-hybridized carbons (Fsp3) is 0.412. The molecule has 1 saturated heterocycles. The van der Waals surface area contributed by atoms with Crippen LogP contribution in [0.15, 0.2) is 35.1 Å². The molecule has 2 N–H and O–H groups in total. The summed E-state index contributed by atoms with van der Waals surface area (Å²) in [4.78, 5) is 12.6. The van der Waals surface area contributed by atoms with E-state index in [2.05, 4.69) is 31.7 Å². The van der Waals surface area contributed by atoms with Crippen LogP contribution in [0.4, 0.5) is 0 Å². The average Bonchev–Trinajstić information content (AvgIpc) is 3.21. The Balaban J connectivity index is 1.63. The number of aryl methyl sites for hydroxylation is 1. The number of methoxy groups -OCH3 is 1. The molecule has 1 amide bonds. The van der Waals surface area contributed by atoms with Gasteiger partial charge in [-0.2, -0.15) is 5.10 Å². The van der Waals surface area contributed by atoms with Crippen LogP contribution in [0.2, 0.25) is 0 Å². The fourth-order valence-corrected chi connectivity index (χ4v) is 3.66. The molecule has 0 aliphatic carbocycles. The van der Waals surface area contributed by atoms with Crippen molar-refractivity contribution in [2.75, 3.05) is 20.2 Å². The zero-order valence-corrected chi connectivity index (χ0v) is 15.3. The molecule has 24 heavy (non-hydrogen) atoms. The van der Waals surface area contributed by atoms with Gasteiger partial charge in [0, 0.05) is 38.8 Å². The Morgan fingerprint density at radius 2 is 2.33 bits per heavy atom. The number of nitrogens with zero attached hydrogens (tertiary/aromatic N) is 2. The van der Waals surface area contributed by atoms with Crippen molar-refractivity contribution in [1.82, 2.24) is 20.4 Å². The lowest BCUT2D eigenvalue weighted by molar-refractivity contribution is -0.125. The molecular weight excluding hydrogens is 372 g/mol. The van der Waals surface area contributed by atoms with Crippen molar-refractivity contribution in [3.8, 4) is 5.75 Å². The summed E-state index contributed by atoms with van der Waals surface area (Å²) >= 11 is 3.47. The van der Waals surface area contributed by atoms with Gasteiger partial charge in [-0.1, -0.05) is 6.07 Å². The number of ether oxygens (including phenoxy) is 1. The molecule has 2 atom stereocenters. The number of halogens is 1. The van der Waals surface area contributed by atoms with Gasteiger partial charge < -0.3 is 15.4 Å². The number of aromatic nitrogens is 2. The summed E-state index contributed by atoms with van der Waals surface area (Å²) in [5.74, 6) is 0.944. The second-order valence-corrected chi connectivity index (χ2v) is 6.86. The molecule has 1 aromatic heterocycles. The molecule has 1 aliphatic rings. The minimum atomic E-state index is -0.0733. The van der Waals surface area contributed by atoms with Crippen LogP contribution in [0.3, 0.4) is 0 Å². The summed E-state index contributed by atoms with van der Waals surface area (Å²) < 4.78 is 7.88. The van der Waals surface area contributed by atoms with Crippen LogP contribution in [-0.4, -0.2) is 35.9 Å². The maximum absolute atomic E-state index is 12.6. The molecule has 128 valence electrons. The van der Waals surface area contributed by atoms with E-state index in [1.165, 1.54) is 0 Å². The summed E-state index contributed by atoms with van der Waals surface area (Å²) in [5.41, 5.74) is 2.13. The first-order chi connectivity index (χ1) is 11.6. The second-order valence-electron chi connectivity index (χ2n) is 6.01. The van der Waals surface area contributed by atoms with E-state index in [1.807, 2.05) is 37.6 Å².